The minimum Gasteiger partial charge on any atom is -0.406 e. The number of carbonyl (C=O) groups is 1. The number of hydrogen-bond donors (Lipinski definition) is 1. The first kappa shape index (κ1) is 18.1. The predicted molar refractivity (Wildman–Crippen MR) is 92.7 cm³/mol. The maximum atomic E-state index is 12.6. The molecule has 1 N–H and O–H groups in total. The number of aryl methyl sites for hydroxylation is 3. The number of fused-ring (bicyclic) bond motifs is 1. The topological polar surface area (TPSA) is 64.1 Å². The summed E-state index contributed by atoms with van der Waals surface area (Å²) in [6.45, 7) is 5.46. The highest BCUT2D eigenvalue weighted by atomic mass is 32.1. The Balaban J connectivity index is 1.83. The number of hydrogen-bond acceptors (Lipinski definition) is 5. The van der Waals surface area contributed by atoms with Crippen LogP contribution in [0.1, 0.15) is 26.8 Å². The number of amides is 1. The minimum atomic E-state index is -4.75. The van der Waals surface area contributed by atoms with Gasteiger partial charge in [0.1, 0.15) is 16.4 Å². The number of carbonyl (C=O) groups excluding carboxylic acids is 1. The third kappa shape index (κ3) is 3.77. The molecule has 3 aromatic rings. The summed E-state index contributed by atoms with van der Waals surface area (Å²) in [7, 11) is 0. The summed E-state index contributed by atoms with van der Waals surface area (Å²) in [6, 6.07) is 4.97. The quantitative estimate of drug-likeness (QED) is 0.710. The zero-order valence-corrected chi connectivity index (χ0v) is 14.9. The van der Waals surface area contributed by atoms with Crippen molar-refractivity contribution in [1.29, 1.82) is 0 Å². The van der Waals surface area contributed by atoms with Gasteiger partial charge in [0.2, 0.25) is 0 Å². The number of ether oxygens (including phenoxy) is 1. The molecule has 0 unspecified atom stereocenters. The van der Waals surface area contributed by atoms with E-state index in [9.17, 15) is 18.0 Å². The first-order valence-electron chi connectivity index (χ1n) is 7.55. The van der Waals surface area contributed by atoms with Crippen molar-refractivity contribution in [1.82, 2.24) is 9.97 Å². The smallest absolute Gasteiger partial charge is 0.406 e. The molecule has 0 saturated heterocycles. The van der Waals surface area contributed by atoms with Gasteiger partial charge in [-0.15, -0.1) is 24.5 Å². The number of nitrogens with one attached hydrogen (secondary N) is 1. The average molecular weight is 381 g/mol. The van der Waals surface area contributed by atoms with Crippen molar-refractivity contribution in [3.63, 3.8) is 0 Å². The Kier molecular flexibility index (Phi) is 4.57. The zero-order chi connectivity index (χ0) is 19.1. The summed E-state index contributed by atoms with van der Waals surface area (Å²) in [4.78, 5) is 22.4. The van der Waals surface area contributed by atoms with Crippen LogP contribution < -0.4 is 10.1 Å². The van der Waals surface area contributed by atoms with E-state index in [0.717, 1.165) is 33.6 Å². The van der Waals surface area contributed by atoms with Crippen LogP contribution in [0.5, 0.6) is 5.75 Å². The van der Waals surface area contributed by atoms with E-state index in [0.29, 0.717) is 16.4 Å². The number of alkyl halides is 3. The molecule has 1 aromatic carbocycles. The fraction of sp³-hybridized carbons (Fsp3) is 0.235. The highest BCUT2D eigenvalue weighted by Gasteiger charge is 2.31. The van der Waals surface area contributed by atoms with E-state index in [1.165, 1.54) is 23.5 Å². The Bertz CT molecular complexity index is 982. The molecule has 0 saturated carbocycles. The largest absolute Gasteiger partial charge is 0.573 e. The third-order valence-corrected chi connectivity index (χ3v) is 4.82. The van der Waals surface area contributed by atoms with E-state index < -0.39 is 6.36 Å². The van der Waals surface area contributed by atoms with Crippen molar-refractivity contribution >= 4 is 33.1 Å². The molecule has 0 spiro atoms. The van der Waals surface area contributed by atoms with Gasteiger partial charge in [0.25, 0.3) is 5.91 Å². The number of benzene rings is 1. The number of anilines is 1. The molecular weight excluding hydrogens is 367 g/mol. The number of aromatic nitrogens is 2. The van der Waals surface area contributed by atoms with Gasteiger partial charge >= 0.3 is 6.36 Å². The zero-order valence-electron chi connectivity index (χ0n) is 14.1. The molecule has 26 heavy (non-hydrogen) atoms. The van der Waals surface area contributed by atoms with Gasteiger partial charge in [0.15, 0.2) is 0 Å². The van der Waals surface area contributed by atoms with Crippen LogP contribution >= 0.6 is 11.3 Å². The van der Waals surface area contributed by atoms with E-state index in [4.69, 9.17) is 0 Å². The minimum absolute atomic E-state index is 0.352. The number of thiophene rings is 1. The molecule has 9 heteroatoms. The molecule has 2 heterocycles. The SMILES string of the molecule is Cc1nc(C)c2c(C)c(C(=O)Nc3ccc(OC(F)(F)F)cc3)sc2n1. The molecule has 136 valence electrons. The maximum Gasteiger partial charge on any atom is 0.573 e. The first-order chi connectivity index (χ1) is 12.1. The first-order valence-corrected chi connectivity index (χ1v) is 8.37. The monoisotopic (exact) mass is 381 g/mol. The molecule has 0 aliphatic heterocycles. The predicted octanol–water partition coefficient (Wildman–Crippen LogP) is 4.77. The second kappa shape index (κ2) is 6.56. The van der Waals surface area contributed by atoms with Crippen LogP contribution in [-0.4, -0.2) is 22.2 Å². The fourth-order valence-electron chi connectivity index (χ4n) is 2.62. The van der Waals surface area contributed by atoms with E-state index in [1.54, 1.807) is 6.92 Å². The van der Waals surface area contributed by atoms with Gasteiger partial charge in [-0.25, -0.2) is 9.97 Å². The molecule has 2 aromatic heterocycles. The summed E-state index contributed by atoms with van der Waals surface area (Å²) < 4.78 is 40.3. The van der Waals surface area contributed by atoms with Crippen molar-refractivity contribution in [3.8, 4) is 5.75 Å². The van der Waals surface area contributed by atoms with Crippen molar-refractivity contribution in [3.05, 3.63) is 46.2 Å². The Morgan fingerprint density at radius 3 is 2.38 bits per heavy atom. The van der Waals surface area contributed by atoms with Gasteiger partial charge in [-0.3, -0.25) is 4.79 Å². The van der Waals surface area contributed by atoms with E-state index in [2.05, 4.69) is 20.0 Å². The van der Waals surface area contributed by atoms with Crippen LogP contribution in [0.25, 0.3) is 10.2 Å². The molecule has 1 amide bonds. The molecule has 0 aliphatic rings. The molecule has 0 atom stereocenters. The Hall–Kier alpha value is -2.68. The van der Waals surface area contributed by atoms with Crippen LogP contribution in [-0.2, 0) is 0 Å². The summed E-state index contributed by atoms with van der Waals surface area (Å²) in [5, 5.41) is 3.52. The second-order valence-electron chi connectivity index (χ2n) is 5.62. The number of nitrogens with zero attached hydrogens (tertiary/aromatic N) is 2. The van der Waals surface area contributed by atoms with Crippen molar-refractivity contribution in [2.24, 2.45) is 0 Å². The lowest BCUT2D eigenvalue weighted by Crippen LogP contribution is -2.17. The Morgan fingerprint density at radius 2 is 1.77 bits per heavy atom. The van der Waals surface area contributed by atoms with E-state index in [-0.39, 0.29) is 11.7 Å². The molecule has 5 nitrogen and oxygen atoms in total. The standard InChI is InChI=1S/C17H14F3N3O2S/c1-8-13-9(2)21-10(3)22-16(13)26-14(8)15(24)23-11-4-6-12(7-5-11)25-17(18,19)20/h4-7H,1-3H3,(H,23,24). The normalized spacial score (nSPS) is 11.6. The summed E-state index contributed by atoms with van der Waals surface area (Å²) >= 11 is 1.25. The van der Waals surface area contributed by atoms with Gasteiger partial charge in [-0.05, 0) is 50.6 Å². The van der Waals surface area contributed by atoms with Crippen molar-refractivity contribution < 1.29 is 22.7 Å². The van der Waals surface area contributed by atoms with Crippen LogP contribution in [0.15, 0.2) is 24.3 Å². The summed E-state index contributed by atoms with van der Waals surface area (Å²) in [5.41, 5.74) is 1.94. The lowest BCUT2D eigenvalue weighted by Gasteiger charge is -2.09. The van der Waals surface area contributed by atoms with Gasteiger partial charge in [-0.1, -0.05) is 0 Å². The van der Waals surface area contributed by atoms with Gasteiger partial charge in [0, 0.05) is 16.8 Å². The molecular formula is C17H14F3N3O2S. The molecule has 0 radical (unpaired) electrons. The van der Waals surface area contributed by atoms with Gasteiger partial charge < -0.3 is 10.1 Å². The number of rotatable bonds is 3. The van der Waals surface area contributed by atoms with Crippen molar-refractivity contribution in [2.45, 2.75) is 27.1 Å². The van der Waals surface area contributed by atoms with Gasteiger partial charge in [0.05, 0.1) is 4.88 Å². The van der Waals surface area contributed by atoms with Crippen molar-refractivity contribution in [2.75, 3.05) is 5.32 Å². The third-order valence-electron chi connectivity index (χ3n) is 3.63. The van der Waals surface area contributed by atoms with Crippen LogP contribution in [0.3, 0.4) is 0 Å². The van der Waals surface area contributed by atoms with Crippen LogP contribution in [0.2, 0.25) is 0 Å². The maximum absolute atomic E-state index is 12.6. The molecule has 0 fully saturated rings. The molecule has 0 aliphatic carbocycles. The van der Waals surface area contributed by atoms with Crippen LogP contribution in [0.4, 0.5) is 18.9 Å². The molecule has 0 bridgehead atoms. The Labute approximate surface area is 150 Å². The lowest BCUT2D eigenvalue weighted by atomic mass is 10.1. The summed E-state index contributed by atoms with van der Waals surface area (Å²) in [6.07, 6.45) is -4.75. The van der Waals surface area contributed by atoms with E-state index >= 15 is 0 Å². The average Bonchev–Trinajstić information content (AvgIpc) is 2.84. The Morgan fingerprint density at radius 1 is 1.12 bits per heavy atom. The van der Waals surface area contributed by atoms with E-state index in [1.807, 2.05) is 13.8 Å². The highest BCUT2D eigenvalue weighted by Crippen LogP contribution is 2.32. The number of halogens is 3. The van der Waals surface area contributed by atoms with Gasteiger partial charge in [-0.2, -0.15) is 0 Å². The lowest BCUT2D eigenvalue weighted by molar-refractivity contribution is -0.274. The fourth-order valence-corrected chi connectivity index (χ4v) is 3.79. The highest BCUT2D eigenvalue weighted by molar-refractivity contribution is 7.20. The molecule has 3 rings (SSSR count). The van der Waals surface area contributed by atoms with Crippen LogP contribution in [0, 0.1) is 20.8 Å². The summed E-state index contributed by atoms with van der Waals surface area (Å²) in [5.74, 6) is -0.0783. The second-order valence-corrected chi connectivity index (χ2v) is 6.62.